The van der Waals surface area contributed by atoms with Crippen molar-refractivity contribution in [2.45, 2.75) is 25.3 Å². The molecule has 0 aliphatic heterocycles. The smallest absolute Gasteiger partial charge is 0.268 e. The van der Waals surface area contributed by atoms with Gasteiger partial charge in [0, 0.05) is 11.6 Å². The van der Waals surface area contributed by atoms with Gasteiger partial charge in [-0.2, -0.15) is 0 Å². The summed E-state index contributed by atoms with van der Waals surface area (Å²) in [5.74, 6) is -0.230. The molecule has 0 aliphatic rings. The van der Waals surface area contributed by atoms with E-state index >= 15 is 0 Å². The Labute approximate surface area is 193 Å². The summed E-state index contributed by atoms with van der Waals surface area (Å²) in [5, 5.41) is 3.26. The van der Waals surface area contributed by atoms with Crippen molar-refractivity contribution in [1.82, 2.24) is 5.32 Å². The third-order valence-corrected chi connectivity index (χ3v) is 6.91. The van der Waals surface area contributed by atoms with Crippen LogP contribution in [0.5, 0.6) is 5.75 Å². The number of sulfonamides is 1. The molecule has 0 radical (unpaired) electrons. The molecule has 0 fully saturated rings. The van der Waals surface area contributed by atoms with Crippen molar-refractivity contribution in [3.05, 3.63) is 88.4 Å². The van der Waals surface area contributed by atoms with Crippen LogP contribution in [0, 0.1) is 13.8 Å². The van der Waals surface area contributed by atoms with E-state index in [0.29, 0.717) is 17.3 Å². The number of hydrogen-bond donors (Lipinski definition) is 1. The second kappa shape index (κ2) is 10.1. The van der Waals surface area contributed by atoms with Gasteiger partial charge >= 0.3 is 0 Å². The van der Waals surface area contributed by atoms with Gasteiger partial charge in [-0.05, 0) is 61.4 Å². The fourth-order valence-electron chi connectivity index (χ4n) is 3.24. The van der Waals surface area contributed by atoms with E-state index in [4.69, 9.17) is 16.3 Å². The van der Waals surface area contributed by atoms with Crippen LogP contribution in [0.15, 0.2) is 71.6 Å². The van der Waals surface area contributed by atoms with Crippen LogP contribution in [0.4, 0.5) is 5.69 Å². The van der Waals surface area contributed by atoms with Crippen molar-refractivity contribution in [2.75, 3.05) is 18.0 Å². The molecule has 0 heterocycles. The molecule has 0 aliphatic carbocycles. The summed E-state index contributed by atoms with van der Waals surface area (Å²) < 4.78 is 33.6. The monoisotopic (exact) mass is 472 g/mol. The number of rotatable bonds is 8. The molecule has 3 aromatic rings. The van der Waals surface area contributed by atoms with Crippen LogP contribution in [0.1, 0.15) is 16.7 Å². The number of methoxy groups -OCH3 is 1. The summed E-state index contributed by atoms with van der Waals surface area (Å²) in [5.41, 5.74) is 3.08. The standard InChI is InChI=1S/C24H25ClN2O4S/c1-17-5-4-6-19(13-17)15-26-24(28)16-27(21-10-8-20(25)9-11-21)32(29,30)23-14-18(2)7-12-22(23)31-3/h4-14H,15-16H2,1-3H3,(H,26,28). The molecule has 0 spiro atoms. The van der Waals surface area contributed by atoms with Crippen molar-refractivity contribution in [1.29, 1.82) is 0 Å². The van der Waals surface area contributed by atoms with Crippen LogP contribution >= 0.6 is 11.6 Å². The predicted octanol–water partition coefficient (Wildman–Crippen LogP) is 4.48. The van der Waals surface area contributed by atoms with Crippen LogP contribution in [-0.4, -0.2) is 28.0 Å². The minimum Gasteiger partial charge on any atom is -0.495 e. The first-order chi connectivity index (χ1) is 15.2. The minimum atomic E-state index is -4.11. The maximum atomic E-state index is 13.6. The second-order valence-electron chi connectivity index (χ2n) is 7.41. The summed E-state index contributed by atoms with van der Waals surface area (Å²) in [4.78, 5) is 12.8. The Morgan fingerprint density at radius 3 is 2.34 bits per heavy atom. The van der Waals surface area contributed by atoms with Gasteiger partial charge in [-0.15, -0.1) is 0 Å². The van der Waals surface area contributed by atoms with Gasteiger partial charge in [0.2, 0.25) is 5.91 Å². The number of amides is 1. The first kappa shape index (κ1) is 23.6. The molecule has 0 saturated heterocycles. The van der Waals surface area contributed by atoms with E-state index < -0.39 is 22.5 Å². The average molecular weight is 473 g/mol. The highest BCUT2D eigenvalue weighted by molar-refractivity contribution is 7.93. The van der Waals surface area contributed by atoms with E-state index in [1.54, 1.807) is 43.3 Å². The van der Waals surface area contributed by atoms with Gasteiger partial charge in [0.25, 0.3) is 10.0 Å². The zero-order valence-corrected chi connectivity index (χ0v) is 19.7. The highest BCUT2D eigenvalue weighted by Gasteiger charge is 2.30. The first-order valence-electron chi connectivity index (χ1n) is 9.96. The summed E-state index contributed by atoms with van der Waals surface area (Å²) in [6.07, 6.45) is 0. The molecule has 0 atom stereocenters. The third-order valence-electron chi connectivity index (χ3n) is 4.86. The molecule has 8 heteroatoms. The zero-order valence-electron chi connectivity index (χ0n) is 18.1. The number of nitrogens with zero attached hydrogens (tertiary/aromatic N) is 1. The molecule has 0 unspecified atom stereocenters. The Bertz CT molecular complexity index is 1210. The molecule has 0 aromatic heterocycles. The van der Waals surface area contributed by atoms with E-state index in [2.05, 4.69) is 5.32 Å². The van der Waals surface area contributed by atoms with Gasteiger partial charge in [-0.1, -0.05) is 47.5 Å². The number of ether oxygens (including phenoxy) is 1. The Balaban J connectivity index is 1.93. The van der Waals surface area contributed by atoms with E-state index in [-0.39, 0.29) is 10.6 Å². The Kier molecular flexibility index (Phi) is 7.43. The molecule has 0 bridgehead atoms. The van der Waals surface area contributed by atoms with Gasteiger partial charge in [0.1, 0.15) is 17.2 Å². The molecule has 0 saturated carbocycles. The average Bonchev–Trinajstić information content (AvgIpc) is 2.77. The van der Waals surface area contributed by atoms with E-state index in [1.165, 1.54) is 13.2 Å². The topological polar surface area (TPSA) is 75.7 Å². The molecule has 1 N–H and O–H groups in total. The lowest BCUT2D eigenvalue weighted by Gasteiger charge is -2.25. The van der Waals surface area contributed by atoms with Crippen molar-refractivity contribution >= 4 is 33.2 Å². The number of hydrogen-bond acceptors (Lipinski definition) is 4. The fraction of sp³-hybridized carbons (Fsp3) is 0.208. The SMILES string of the molecule is COc1ccc(C)cc1S(=O)(=O)N(CC(=O)NCc1cccc(C)c1)c1ccc(Cl)cc1. The molecule has 3 rings (SSSR count). The van der Waals surface area contributed by atoms with Gasteiger partial charge in [-0.3, -0.25) is 9.10 Å². The number of carbonyl (C=O) groups is 1. The van der Waals surface area contributed by atoms with Crippen LogP contribution in [0.25, 0.3) is 0 Å². The number of nitrogens with one attached hydrogen (secondary N) is 1. The summed E-state index contributed by atoms with van der Waals surface area (Å²) in [7, 11) is -2.70. The largest absolute Gasteiger partial charge is 0.495 e. The van der Waals surface area contributed by atoms with Crippen LogP contribution in [0.2, 0.25) is 5.02 Å². The van der Waals surface area contributed by atoms with E-state index in [0.717, 1.165) is 21.0 Å². The lowest BCUT2D eigenvalue weighted by Crippen LogP contribution is -2.40. The number of benzene rings is 3. The quantitative estimate of drug-likeness (QED) is 0.524. The molecular formula is C24H25ClN2O4S. The predicted molar refractivity (Wildman–Crippen MR) is 127 cm³/mol. The molecule has 32 heavy (non-hydrogen) atoms. The number of aryl methyl sites for hydroxylation is 2. The lowest BCUT2D eigenvalue weighted by molar-refractivity contribution is -0.119. The Morgan fingerprint density at radius 2 is 1.69 bits per heavy atom. The number of halogens is 1. The van der Waals surface area contributed by atoms with E-state index in [9.17, 15) is 13.2 Å². The summed E-state index contributed by atoms with van der Waals surface area (Å²) >= 11 is 5.98. The third kappa shape index (κ3) is 5.60. The van der Waals surface area contributed by atoms with Crippen molar-refractivity contribution in [3.8, 4) is 5.75 Å². The normalized spacial score (nSPS) is 11.1. The van der Waals surface area contributed by atoms with Crippen LogP contribution < -0.4 is 14.4 Å². The minimum absolute atomic E-state index is 0.0126. The summed E-state index contributed by atoms with van der Waals surface area (Å²) in [6.45, 7) is 3.66. The highest BCUT2D eigenvalue weighted by atomic mass is 35.5. The fourth-order valence-corrected chi connectivity index (χ4v) is 5.03. The zero-order chi connectivity index (χ0) is 23.3. The van der Waals surface area contributed by atoms with Crippen molar-refractivity contribution in [2.24, 2.45) is 0 Å². The second-order valence-corrected chi connectivity index (χ2v) is 9.68. The van der Waals surface area contributed by atoms with Gasteiger partial charge < -0.3 is 10.1 Å². The maximum absolute atomic E-state index is 13.6. The molecule has 1 amide bonds. The van der Waals surface area contributed by atoms with Crippen LogP contribution in [0.3, 0.4) is 0 Å². The van der Waals surface area contributed by atoms with E-state index in [1.807, 2.05) is 31.2 Å². The summed E-state index contributed by atoms with van der Waals surface area (Å²) in [6, 6.07) is 18.9. The van der Waals surface area contributed by atoms with Gasteiger partial charge in [-0.25, -0.2) is 8.42 Å². The lowest BCUT2D eigenvalue weighted by atomic mass is 10.1. The molecule has 168 valence electrons. The maximum Gasteiger partial charge on any atom is 0.268 e. The molecule has 3 aromatic carbocycles. The Morgan fingerprint density at radius 1 is 1.00 bits per heavy atom. The number of carbonyl (C=O) groups excluding carboxylic acids is 1. The Hall–Kier alpha value is -3.03. The van der Waals surface area contributed by atoms with Crippen molar-refractivity contribution < 1.29 is 17.9 Å². The van der Waals surface area contributed by atoms with Crippen molar-refractivity contribution in [3.63, 3.8) is 0 Å². The van der Waals surface area contributed by atoms with Gasteiger partial charge in [0.15, 0.2) is 0 Å². The first-order valence-corrected chi connectivity index (χ1v) is 11.8. The van der Waals surface area contributed by atoms with Crippen LogP contribution in [-0.2, 0) is 21.4 Å². The molecule has 6 nitrogen and oxygen atoms in total. The number of anilines is 1. The highest BCUT2D eigenvalue weighted by Crippen LogP contribution is 2.31. The molecular weight excluding hydrogens is 448 g/mol. The van der Waals surface area contributed by atoms with Gasteiger partial charge in [0.05, 0.1) is 12.8 Å².